The molecular weight excluding hydrogens is 291 g/mol. The van der Waals surface area contributed by atoms with Gasteiger partial charge in [-0.3, -0.25) is 10.1 Å². The number of rotatable bonds is 7. The van der Waals surface area contributed by atoms with E-state index in [0.717, 1.165) is 6.07 Å². The van der Waals surface area contributed by atoms with Gasteiger partial charge in [-0.25, -0.2) is 13.1 Å². The Kier molecular flexibility index (Phi) is 5.54. The number of halogens is 1. The summed E-state index contributed by atoms with van der Waals surface area (Å²) in [5.41, 5.74) is -0.973. The van der Waals surface area contributed by atoms with E-state index in [-0.39, 0.29) is 23.6 Å². The molecule has 1 aromatic carbocycles. The average molecular weight is 306 g/mol. The van der Waals surface area contributed by atoms with E-state index in [1.54, 1.807) is 6.92 Å². The molecule has 0 saturated carbocycles. The van der Waals surface area contributed by atoms with Crippen LogP contribution in [0.1, 0.15) is 12.5 Å². The maximum atomic E-state index is 13.5. The lowest BCUT2D eigenvalue weighted by Gasteiger charge is -2.08. The Balaban J connectivity index is 3.04. The number of nitrogens with zero attached hydrogens (tertiary/aromatic N) is 1. The van der Waals surface area contributed by atoms with Crippen LogP contribution in [0.2, 0.25) is 0 Å². The van der Waals surface area contributed by atoms with Gasteiger partial charge in [-0.05, 0) is 25.5 Å². The second kappa shape index (κ2) is 6.73. The molecular formula is C11H15FN2O5S. The number of benzene rings is 1. The van der Waals surface area contributed by atoms with Crippen LogP contribution in [0.15, 0.2) is 17.0 Å². The van der Waals surface area contributed by atoms with Gasteiger partial charge in [0.25, 0.3) is 0 Å². The molecule has 0 radical (unpaired) electrons. The Morgan fingerprint density at radius 2 is 2.10 bits per heavy atom. The van der Waals surface area contributed by atoms with E-state index in [9.17, 15) is 22.9 Å². The van der Waals surface area contributed by atoms with Crippen LogP contribution in [-0.4, -0.2) is 33.1 Å². The van der Waals surface area contributed by atoms with Gasteiger partial charge < -0.3 is 4.74 Å². The van der Waals surface area contributed by atoms with Gasteiger partial charge >= 0.3 is 5.69 Å². The zero-order valence-electron chi connectivity index (χ0n) is 11.1. The van der Waals surface area contributed by atoms with Crippen molar-refractivity contribution in [3.8, 4) is 0 Å². The van der Waals surface area contributed by atoms with Crippen molar-refractivity contribution >= 4 is 15.7 Å². The van der Waals surface area contributed by atoms with Crippen LogP contribution in [0, 0.1) is 22.9 Å². The third-order valence-corrected chi connectivity index (χ3v) is 3.90. The topological polar surface area (TPSA) is 98.5 Å². The fourth-order valence-corrected chi connectivity index (χ4v) is 2.60. The number of nitrogens with one attached hydrogen (secondary N) is 1. The van der Waals surface area contributed by atoms with E-state index in [1.165, 1.54) is 6.92 Å². The predicted octanol–water partition coefficient (Wildman–Crippen LogP) is 1.36. The minimum atomic E-state index is -3.94. The zero-order chi connectivity index (χ0) is 15.3. The maximum absolute atomic E-state index is 13.5. The first-order valence-electron chi connectivity index (χ1n) is 5.81. The van der Waals surface area contributed by atoms with Crippen molar-refractivity contribution in [1.82, 2.24) is 4.72 Å². The number of nitro groups is 1. The van der Waals surface area contributed by atoms with Gasteiger partial charge in [0.05, 0.1) is 16.4 Å². The van der Waals surface area contributed by atoms with E-state index in [2.05, 4.69) is 4.72 Å². The molecule has 0 atom stereocenters. The summed E-state index contributed by atoms with van der Waals surface area (Å²) >= 11 is 0. The molecule has 9 heteroatoms. The number of nitro benzene ring substituents is 1. The molecule has 0 amide bonds. The quantitative estimate of drug-likeness (QED) is 0.466. The molecule has 0 aromatic heterocycles. The van der Waals surface area contributed by atoms with Gasteiger partial charge in [-0.2, -0.15) is 4.39 Å². The van der Waals surface area contributed by atoms with E-state index >= 15 is 0 Å². The summed E-state index contributed by atoms with van der Waals surface area (Å²) in [6, 6.07) is 1.75. The summed E-state index contributed by atoms with van der Waals surface area (Å²) in [5, 5.41) is 10.7. The first-order valence-corrected chi connectivity index (χ1v) is 7.30. The van der Waals surface area contributed by atoms with Crippen molar-refractivity contribution in [3.63, 3.8) is 0 Å². The lowest BCUT2D eigenvalue weighted by Crippen LogP contribution is -2.27. The first kappa shape index (κ1) is 16.5. The molecule has 0 fully saturated rings. The molecule has 7 nitrogen and oxygen atoms in total. The molecule has 0 heterocycles. The molecule has 1 aromatic rings. The van der Waals surface area contributed by atoms with Gasteiger partial charge in [-0.1, -0.05) is 0 Å². The number of hydrogen-bond acceptors (Lipinski definition) is 5. The Bertz CT molecular complexity index is 603. The van der Waals surface area contributed by atoms with Crippen LogP contribution in [0.4, 0.5) is 10.1 Å². The van der Waals surface area contributed by atoms with Crippen molar-refractivity contribution in [1.29, 1.82) is 0 Å². The maximum Gasteiger partial charge on any atom is 0.306 e. The highest BCUT2D eigenvalue weighted by atomic mass is 32.2. The largest absolute Gasteiger partial charge is 0.380 e. The van der Waals surface area contributed by atoms with Crippen molar-refractivity contribution in [2.45, 2.75) is 18.7 Å². The molecule has 0 aliphatic carbocycles. The summed E-state index contributed by atoms with van der Waals surface area (Å²) in [6.07, 6.45) is 0. The molecule has 0 aliphatic heterocycles. The van der Waals surface area contributed by atoms with E-state index in [1.807, 2.05) is 0 Å². The predicted molar refractivity (Wildman–Crippen MR) is 69.5 cm³/mol. The number of aryl methyl sites for hydroxylation is 1. The lowest BCUT2D eigenvalue weighted by molar-refractivity contribution is -0.387. The van der Waals surface area contributed by atoms with E-state index in [0.29, 0.717) is 12.7 Å². The van der Waals surface area contributed by atoms with Crippen LogP contribution in [0.25, 0.3) is 0 Å². The molecule has 0 aliphatic rings. The average Bonchev–Trinajstić information content (AvgIpc) is 2.37. The van der Waals surface area contributed by atoms with Crippen LogP contribution >= 0.6 is 0 Å². The molecule has 0 spiro atoms. The summed E-state index contributed by atoms with van der Waals surface area (Å²) in [7, 11) is -3.94. The Labute approximate surface area is 115 Å². The summed E-state index contributed by atoms with van der Waals surface area (Å²) < 4.78 is 44.5. The van der Waals surface area contributed by atoms with Crippen LogP contribution < -0.4 is 4.72 Å². The normalized spacial score (nSPS) is 11.6. The van der Waals surface area contributed by atoms with Crippen molar-refractivity contribution in [2.75, 3.05) is 19.8 Å². The van der Waals surface area contributed by atoms with Gasteiger partial charge in [0, 0.05) is 19.2 Å². The second-order valence-electron chi connectivity index (χ2n) is 3.93. The molecule has 0 unspecified atom stereocenters. The molecule has 20 heavy (non-hydrogen) atoms. The lowest BCUT2D eigenvalue weighted by atomic mass is 10.2. The zero-order valence-corrected chi connectivity index (χ0v) is 11.9. The standard InChI is InChI=1S/C11H15FN2O5S/c1-3-19-5-4-13-20(17,18)9-6-8(2)11(12)10(7-9)14(15)16/h6-7,13H,3-5H2,1-2H3. The Hall–Kier alpha value is -1.58. The number of ether oxygens (including phenoxy) is 1. The van der Waals surface area contributed by atoms with Crippen LogP contribution in [0.5, 0.6) is 0 Å². The fraction of sp³-hybridized carbons (Fsp3) is 0.455. The second-order valence-corrected chi connectivity index (χ2v) is 5.69. The monoisotopic (exact) mass is 306 g/mol. The van der Waals surface area contributed by atoms with E-state index < -0.39 is 26.5 Å². The highest BCUT2D eigenvalue weighted by molar-refractivity contribution is 7.89. The molecule has 0 bridgehead atoms. The SMILES string of the molecule is CCOCCNS(=O)(=O)c1cc(C)c(F)c([N+](=O)[O-])c1. The van der Waals surface area contributed by atoms with Gasteiger partial charge in [-0.15, -0.1) is 0 Å². The van der Waals surface area contributed by atoms with Gasteiger partial charge in [0.2, 0.25) is 15.8 Å². The minimum absolute atomic E-state index is 0.0282. The molecule has 1 N–H and O–H groups in total. The van der Waals surface area contributed by atoms with Crippen LogP contribution in [-0.2, 0) is 14.8 Å². The first-order chi connectivity index (χ1) is 9.29. The van der Waals surface area contributed by atoms with Gasteiger partial charge in [0.15, 0.2) is 0 Å². The highest BCUT2D eigenvalue weighted by Crippen LogP contribution is 2.24. The number of hydrogen-bond donors (Lipinski definition) is 1. The Morgan fingerprint density at radius 1 is 1.45 bits per heavy atom. The Morgan fingerprint density at radius 3 is 2.65 bits per heavy atom. The highest BCUT2D eigenvalue weighted by Gasteiger charge is 2.23. The van der Waals surface area contributed by atoms with Crippen molar-refractivity contribution in [2.24, 2.45) is 0 Å². The summed E-state index contributed by atoms with van der Waals surface area (Å²) in [6.45, 7) is 3.68. The van der Waals surface area contributed by atoms with E-state index in [4.69, 9.17) is 4.74 Å². The number of sulfonamides is 1. The van der Waals surface area contributed by atoms with Crippen molar-refractivity contribution < 1.29 is 22.5 Å². The molecule has 0 saturated heterocycles. The third kappa shape index (κ3) is 3.95. The minimum Gasteiger partial charge on any atom is -0.380 e. The molecule has 112 valence electrons. The smallest absolute Gasteiger partial charge is 0.306 e. The molecule has 1 rings (SSSR count). The van der Waals surface area contributed by atoms with Crippen LogP contribution in [0.3, 0.4) is 0 Å². The van der Waals surface area contributed by atoms with Crippen molar-refractivity contribution in [3.05, 3.63) is 33.6 Å². The van der Waals surface area contributed by atoms with Gasteiger partial charge in [0.1, 0.15) is 0 Å². The summed E-state index contributed by atoms with van der Waals surface area (Å²) in [4.78, 5) is 9.38. The summed E-state index contributed by atoms with van der Waals surface area (Å²) in [5.74, 6) is -1.04. The third-order valence-electron chi connectivity index (χ3n) is 2.46. The fourth-order valence-electron chi connectivity index (χ4n) is 1.48.